The molecule has 3 unspecified atom stereocenters. The lowest BCUT2D eigenvalue weighted by Gasteiger charge is -2.36. The van der Waals surface area contributed by atoms with Crippen LogP contribution in [0, 0.1) is 0 Å². The molecule has 0 aliphatic carbocycles. The molecule has 4 heteroatoms. The molecule has 1 saturated heterocycles. The number of piperidine rings is 1. The van der Waals surface area contributed by atoms with Gasteiger partial charge in [0.25, 0.3) is 0 Å². The monoisotopic (exact) mass is 256 g/mol. The predicted octanol–water partition coefficient (Wildman–Crippen LogP) is 1.79. The van der Waals surface area contributed by atoms with E-state index in [0.29, 0.717) is 18.7 Å². The lowest BCUT2D eigenvalue weighted by Crippen LogP contribution is -2.51. The summed E-state index contributed by atoms with van der Waals surface area (Å²) in [6.07, 6.45) is 4.08. The standard InChI is InChI=1S/C14H28N2O2/c1-5-7-13(14(17)18-6-2)15-12-8-9-16(4)11(3)10-12/h11-13,15H,5-10H2,1-4H3. The minimum absolute atomic E-state index is 0.0917. The van der Waals surface area contributed by atoms with Gasteiger partial charge < -0.3 is 15.0 Å². The maximum absolute atomic E-state index is 11.9. The number of rotatable bonds is 6. The first-order chi connectivity index (χ1) is 8.58. The second-order valence-corrected chi connectivity index (χ2v) is 5.31. The van der Waals surface area contributed by atoms with E-state index in [0.717, 1.165) is 32.2 Å². The molecule has 1 aliphatic rings. The average Bonchev–Trinajstić information content (AvgIpc) is 2.33. The smallest absolute Gasteiger partial charge is 0.323 e. The SMILES string of the molecule is CCCC(NC1CCN(C)C(C)C1)C(=O)OCC. The van der Waals surface area contributed by atoms with Crippen molar-refractivity contribution in [1.82, 2.24) is 10.2 Å². The summed E-state index contributed by atoms with van der Waals surface area (Å²) in [5, 5.41) is 3.49. The van der Waals surface area contributed by atoms with Crippen molar-refractivity contribution in [3.63, 3.8) is 0 Å². The van der Waals surface area contributed by atoms with E-state index >= 15 is 0 Å². The van der Waals surface area contributed by atoms with Gasteiger partial charge in [0.1, 0.15) is 6.04 Å². The molecule has 0 spiro atoms. The van der Waals surface area contributed by atoms with E-state index in [4.69, 9.17) is 4.74 Å². The summed E-state index contributed by atoms with van der Waals surface area (Å²) in [6.45, 7) is 7.77. The highest BCUT2D eigenvalue weighted by molar-refractivity contribution is 5.75. The minimum Gasteiger partial charge on any atom is -0.465 e. The number of ether oxygens (including phenoxy) is 1. The van der Waals surface area contributed by atoms with E-state index in [1.54, 1.807) is 0 Å². The third-order valence-corrected chi connectivity index (χ3v) is 3.79. The van der Waals surface area contributed by atoms with Crippen molar-refractivity contribution in [2.24, 2.45) is 0 Å². The Hall–Kier alpha value is -0.610. The Morgan fingerprint density at radius 1 is 1.50 bits per heavy atom. The molecule has 0 saturated carbocycles. The Morgan fingerprint density at radius 3 is 2.78 bits per heavy atom. The summed E-state index contributed by atoms with van der Waals surface area (Å²) < 4.78 is 5.13. The lowest BCUT2D eigenvalue weighted by molar-refractivity contribution is -0.146. The molecule has 0 aromatic rings. The molecule has 0 amide bonds. The fraction of sp³-hybridized carbons (Fsp3) is 0.929. The van der Waals surface area contributed by atoms with Gasteiger partial charge in [-0.3, -0.25) is 4.79 Å². The molecule has 4 nitrogen and oxygen atoms in total. The Labute approximate surface area is 111 Å². The topological polar surface area (TPSA) is 41.6 Å². The van der Waals surface area contributed by atoms with E-state index in [9.17, 15) is 4.79 Å². The number of nitrogens with zero attached hydrogens (tertiary/aromatic N) is 1. The van der Waals surface area contributed by atoms with Gasteiger partial charge >= 0.3 is 5.97 Å². The van der Waals surface area contributed by atoms with Crippen molar-refractivity contribution in [2.75, 3.05) is 20.2 Å². The first kappa shape index (κ1) is 15.4. The van der Waals surface area contributed by atoms with Gasteiger partial charge in [-0.25, -0.2) is 0 Å². The summed E-state index contributed by atoms with van der Waals surface area (Å²) in [5.41, 5.74) is 0. The first-order valence-electron chi connectivity index (χ1n) is 7.21. The third-order valence-electron chi connectivity index (χ3n) is 3.79. The van der Waals surface area contributed by atoms with Crippen LogP contribution >= 0.6 is 0 Å². The Kier molecular flexibility index (Phi) is 6.65. The van der Waals surface area contributed by atoms with Crippen molar-refractivity contribution < 1.29 is 9.53 Å². The van der Waals surface area contributed by atoms with Crippen LogP contribution in [0.3, 0.4) is 0 Å². The van der Waals surface area contributed by atoms with E-state index in [2.05, 4.69) is 31.1 Å². The molecule has 0 radical (unpaired) electrons. The summed E-state index contributed by atoms with van der Waals surface area (Å²) in [4.78, 5) is 14.2. The second-order valence-electron chi connectivity index (χ2n) is 5.31. The molecule has 0 aromatic carbocycles. The molecule has 3 atom stereocenters. The van der Waals surface area contributed by atoms with Crippen LogP contribution in [0.25, 0.3) is 0 Å². The molecule has 0 bridgehead atoms. The highest BCUT2D eigenvalue weighted by Crippen LogP contribution is 2.16. The van der Waals surface area contributed by atoms with Gasteiger partial charge in [-0.1, -0.05) is 13.3 Å². The quantitative estimate of drug-likeness (QED) is 0.736. The second kappa shape index (κ2) is 7.74. The zero-order valence-electron chi connectivity index (χ0n) is 12.2. The zero-order chi connectivity index (χ0) is 13.5. The number of likely N-dealkylation sites (tertiary alicyclic amines) is 1. The summed E-state index contributed by atoms with van der Waals surface area (Å²) in [7, 11) is 2.16. The van der Waals surface area contributed by atoms with Crippen LogP contribution in [0.4, 0.5) is 0 Å². The maximum Gasteiger partial charge on any atom is 0.323 e. The van der Waals surface area contributed by atoms with E-state index in [1.165, 1.54) is 0 Å². The van der Waals surface area contributed by atoms with Gasteiger partial charge in [0.15, 0.2) is 0 Å². The third kappa shape index (κ3) is 4.58. The fourth-order valence-corrected chi connectivity index (χ4v) is 2.53. The molecule has 106 valence electrons. The van der Waals surface area contributed by atoms with Crippen molar-refractivity contribution in [3.8, 4) is 0 Å². The van der Waals surface area contributed by atoms with Crippen molar-refractivity contribution in [1.29, 1.82) is 0 Å². The van der Waals surface area contributed by atoms with Crippen LogP contribution in [-0.2, 0) is 9.53 Å². The average molecular weight is 256 g/mol. The van der Waals surface area contributed by atoms with Gasteiger partial charge in [-0.15, -0.1) is 0 Å². The van der Waals surface area contributed by atoms with Crippen LogP contribution in [-0.4, -0.2) is 49.2 Å². The van der Waals surface area contributed by atoms with Crippen LogP contribution in [0.15, 0.2) is 0 Å². The van der Waals surface area contributed by atoms with E-state index in [1.807, 2.05) is 6.92 Å². The van der Waals surface area contributed by atoms with Gasteiger partial charge in [-0.2, -0.15) is 0 Å². The number of carbonyl (C=O) groups is 1. The molecule has 1 fully saturated rings. The number of carbonyl (C=O) groups excluding carboxylic acids is 1. The van der Waals surface area contributed by atoms with Gasteiger partial charge in [0.05, 0.1) is 6.61 Å². The normalized spacial score (nSPS) is 26.9. The number of esters is 1. The molecule has 18 heavy (non-hydrogen) atoms. The molecule has 0 aromatic heterocycles. The van der Waals surface area contributed by atoms with Crippen LogP contribution in [0.5, 0.6) is 0 Å². The Morgan fingerprint density at radius 2 is 2.22 bits per heavy atom. The molecule has 1 N–H and O–H groups in total. The zero-order valence-corrected chi connectivity index (χ0v) is 12.2. The Balaban J connectivity index is 2.47. The lowest BCUT2D eigenvalue weighted by atomic mass is 9.97. The molecular weight excluding hydrogens is 228 g/mol. The summed E-state index contributed by atoms with van der Waals surface area (Å²) in [6, 6.07) is 0.897. The van der Waals surface area contributed by atoms with Crippen LogP contribution < -0.4 is 5.32 Å². The molecule has 1 heterocycles. The van der Waals surface area contributed by atoms with E-state index in [-0.39, 0.29) is 12.0 Å². The fourth-order valence-electron chi connectivity index (χ4n) is 2.53. The van der Waals surface area contributed by atoms with Gasteiger partial charge in [-0.05, 0) is 46.7 Å². The first-order valence-corrected chi connectivity index (χ1v) is 7.21. The summed E-state index contributed by atoms with van der Waals surface area (Å²) >= 11 is 0. The molecular formula is C14H28N2O2. The number of hydrogen-bond acceptors (Lipinski definition) is 4. The maximum atomic E-state index is 11.9. The van der Waals surface area contributed by atoms with Crippen molar-refractivity contribution in [2.45, 2.75) is 64.6 Å². The predicted molar refractivity (Wildman–Crippen MR) is 73.6 cm³/mol. The minimum atomic E-state index is -0.129. The van der Waals surface area contributed by atoms with E-state index < -0.39 is 0 Å². The highest BCUT2D eigenvalue weighted by Gasteiger charge is 2.27. The summed E-state index contributed by atoms with van der Waals surface area (Å²) in [5.74, 6) is -0.0917. The van der Waals surface area contributed by atoms with Gasteiger partial charge in [0.2, 0.25) is 0 Å². The van der Waals surface area contributed by atoms with Crippen LogP contribution in [0.1, 0.15) is 46.5 Å². The van der Waals surface area contributed by atoms with Crippen molar-refractivity contribution >= 4 is 5.97 Å². The Bertz CT molecular complexity index is 258. The number of hydrogen-bond donors (Lipinski definition) is 1. The highest BCUT2D eigenvalue weighted by atomic mass is 16.5. The van der Waals surface area contributed by atoms with Gasteiger partial charge in [0, 0.05) is 12.1 Å². The molecule has 1 rings (SSSR count). The largest absolute Gasteiger partial charge is 0.465 e. The van der Waals surface area contributed by atoms with Crippen LogP contribution in [0.2, 0.25) is 0 Å². The number of nitrogens with one attached hydrogen (secondary N) is 1. The molecule has 1 aliphatic heterocycles. The van der Waals surface area contributed by atoms with Crippen molar-refractivity contribution in [3.05, 3.63) is 0 Å².